The van der Waals surface area contributed by atoms with Crippen molar-refractivity contribution in [2.75, 3.05) is 20.1 Å². The summed E-state index contributed by atoms with van der Waals surface area (Å²) in [5.74, 6) is -0.300. The summed E-state index contributed by atoms with van der Waals surface area (Å²) < 4.78 is 28.4. The molecule has 3 aromatic rings. The van der Waals surface area contributed by atoms with Crippen LogP contribution in [0.25, 0.3) is 0 Å². The zero-order valence-corrected chi connectivity index (χ0v) is 19.3. The second kappa shape index (κ2) is 9.72. The first-order valence-electron chi connectivity index (χ1n) is 10.9. The van der Waals surface area contributed by atoms with Crippen molar-refractivity contribution in [3.8, 4) is 0 Å². The van der Waals surface area contributed by atoms with Crippen LogP contribution in [0.5, 0.6) is 0 Å². The largest absolute Gasteiger partial charge is 0.333 e. The number of carbonyl (C=O) groups is 1. The molecule has 0 bridgehead atoms. The molecule has 172 valence electrons. The van der Waals surface area contributed by atoms with Crippen LogP contribution < -0.4 is 5.56 Å². The number of carbonyl (C=O) groups excluding carboxylic acids is 1. The molecule has 0 saturated carbocycles. The van der Waals surface area contributed by atoms with Crippen LogP contribution in [-0.4, -0.2) is 48.2 Å². The van der Waals surface area contributed by atoms with Crippen molar-refractivity contribution in [1.29, 1.82) is 0 Å². The molecule has 7 nitrogen and oxygen atoms in total. The van der Waals surface area contributed by atoms with E-state index in [1.54, 1.807) is 11.9 Å². The third kappa shape index (κ3) is 4.91. The highest BCUT2D eigenvalue weighted by molar-refractivity contribution is 7.89. The Morgan fingerprint density at radius 2 is 1.45 bits per heavy atom. The predicted molar refractivity (Wildman–Crippen MR) is 126 cm³/mol. The van der Waals surface area contributed by atoms with Gasteiger partial charge in [0.25, 0.3) is 5.56 Å². The third-order valence-electron chi connectivity index (χ3n) is 5.98. The molecule has 0 unspecified atom stereocenters. The molecule has 0 spiro atoms. The molecule has 0 N–H and O–H groups in total. The van der Waals surface area contributed by atoms with Gasteiger partial charge in [-0.2, -0.15) is 4.31 Å². The zero-order chi connectivity index (χ0) is 23.4. The van der Waals surface area contributed by atoms with E-state index in [9.17, 15) is 18.0 Å². The first kappa shape index (κ1) is 22.9. The average Bonchev–Trinajstić information content (AvgIpc) is 3.38. The van der Waals surface area contributed by atoms with Gasteiger partial charge in [0.05, 0.1) is 10.9 Å². The summed E-state index contributed by atoms with van der Waals surface area (Å²) in [5.41, 5.74) is 1.46. The monoisotopic (exact) mass is 465 g/mol. The minimum Gasteiger partial charge on any atom is -0.333 e. The molecule has 4 rings (SSSR count). The normalized spacial score (nSPS) is 14.5. The van der Waals surface area contributed by atoms with Crippen molar-refractivity contribution in [2.24, 2.45) is 0 Å². The van der Waals surface area contributed by atoms with Crippen LogP contribution in [0.15, 0.2) is 88.7 Å². The highest BCUT2D eigenvalue weighted by Gasteiger charge is 2.28. The Morgan fingerprint density at radius 3 is 2.00 bits per heavy atom. The minimum absolute atomic E-state index is 0.0297. The molecule has 8 heteroatoms. The van der Waals surface area contributed by atoms with Gasteiger partial charge in [0.1, 0.15) is 6.54 Å². The van der Waals surface area contributed by atoms with Gasteiger partial charge in [-0.3, -0.25) is 9.59 Å². The number of benzene rings is 2. The maximum absolute atomic E-state index is 13.3. The van der Waals surface area contributed by atoms with Gasteiger partial charge in [0.2, 0.25) is 15.9 Å². The van der Waals surface area contributed by atoms with E-state index in [0.29, 0.717) is 13.1 Å². The van der Waals surface area contributed by atoms with E-state index in [4.69, 9.17) is 0 Å². The second-order valence-electron chi connectivity index (χ2n) is 8.17. The number of sulfonamides is 1. The third-order valence-corrected chi connectivity index (χ3v) is 7.86. The molecule has 1 aliphatic heterocycles. The smallest absolute Gasteiger partial charge is 0.251 e. The Balaban J connectivity index is 1.62. The van der Waals surface area contributed by atoms with Crippen molar-refractivity contribution < 1.29 is 13.2 Å². The lowest BCUT2D eigenvalue weighted by molar-refractivity contribution is -0.132. The number of rotatable bonds is 7. The highest BCUT2D eigenvalue weighted by Crippen LogP contribution is 2.28. The van der Waals surface area contributed by atoms with Crippen LogP contribution in [0.4, 0.5) is 0 Å². The SMILES string of the molecule is CN(C(=O)Cn1cc(S(=O)(=O)N2CCCC2)ccc1=O)C(c1ccccc1)c1ccccc1. The number of nitrogens with zero attached hydrogens (tertiary/aromatic N) is 3. The van der Waals surface area contributed by atoms with E-state index in [1.165, 1.54) is 27.2 Å². The Morgan fingerprint density at radius 1 is 0.909 bits per heavy atom. The van der Waals surface area contributed by atoms with E-state index < -0.39 is 15.6 Å². The van der Waals surface area contributed by atoms with Crippen LogP contribution in [0.2, 0.25) is 0 Å². The van der Waals surface area contributed by atoms with Crippen molar-refractivity contribution in [1.82, 2.24) is 13.8 Å². The fraction of sp³-hybridized carbons (Fsp3) is 0.280. The van der Waals surface area contributed by atoms with E-state index in [1.807, 2.05) is 60.7 Å². The lowest BCUT2D eigenvalue weighted by Gasteiger charge is -2.29. The van der Waals surface area contributed by atoms with Gasteiger partial charge in [0, 0.05) is 32.4 Å². The lowest BCUT2D eigenvalue weighted by atomic mass is 9.97. The number of hydrogen-bond donors (Lipinski definition) is 0. The molecule has 1 aromatic heterocycles. The van der Waals surface area contributed by atoms with E-state index in [-0.39, 0.29) is 23.4 Å². The van der Waals surface area contributed by atoms with Crippen molar-refractivity contribution in [3.05, 3.63) is 100 Å². The van der Waals surface area contributed by atoms with Gasteiger partial charge >= 0.3 is 0 Å². The molecule has 0 aliphatic carbocycles. The van der Waals surface area contributed by atoms with Gasteiger partial charge in [-0.05, 0) is 30.0 Å². The Kier molecular flexibility index (Phi) is 6.76. The van der Waals surface area contributed by atoms with Crippen LogP contribution in [0.3, 0.4) is 0 Å². The van der Waals surface area contributed by atoms with E-state index in [0.717, 1.165) is 24.0 Å². The summed E-state index contributed by atoms with van der Waals surface area (Å²) in [6.45, 7) is 0.687. The zero-order valence-electron chi connectivity index (χ0n) is 18.5. The fourth-order valence-corrected chi connectivity index (χ4v) is 5.71. The van der Waals surface area contributed by atoms with Crippen LogP contribution in [0, 0.1) is 0 Å². The first-order valence-corrected chi connectivity index (χ1v) is 12.4. The molecular formula is C25H27N3O4S. The van der Waals surface area contributed by atoms with Gasteiger partial charge in [-0.25, -0.2) is 8.42 Å². The summed E-state index contributed by atoms with van der Waals surface area (Å²) >= 11 is 0. The molecule has 1 fully saturated rings. The molecule has 0 radical (unpaired) electrons. The topological polar surface area (TPSA) is 79.7 Å². The Labute approximate surface area is 193 Å². The molecule has 2 aromatic carbocycles. The molecule has 33 heavy (non-hydrogen) atoms. The Hall–Kier alpha value is -3.23. The van der Waals surface area contributed by atoms with Crippen LogP contribution >= 0.6 is 0 Å². The molecule has 1 aliphatic rings. The van der Waals surface area contributed by atoms with E-state index >= 15 is 0 Å². The summed E-state index contributed by atoms with van der Waals surface area (Å²) in [7, 11) is -1.99. The van der Waals surface area contributed by atoms with Crippen molar-refractivity contribution >= 4 is 15.9 Å². The molecule has 2 heterocycles. The number of aromatic nitrogens is 1. The Bertz CT molecular complexity index is 1230. The maximum atomic E-state index is 13.3. The van der Waals surface area contributed by atoms with E-state index in [2.05, 4.69) is 0 Å². The summed E-state index contributed by atoms with van der Waals surface area (Å²) in [4.78, 5) is 27.4. The van der Waals surface area contributed by atoms with Crippen LogP contribution in [0.1, 0.15) is 30.0 Å². The molecule has 1 saturated heterocycles. The minimum atomic E-state index is -3.69. The number of hydrogen-bond acceptors (Lipinski definition) is 4. The number of likely N-dealkylation sites (N-methyl/N-ethyl adjacent to an activating group) is 1. The van der Waals surface area contributed by atoms with Gasteiger partial charge in [-0.1, -0.05) is 60.7 Å². The second-order valence-corrected chi connectivity index (χ2v) is 10.1. The quantitative estimate of drug-likeness (QED) is 0.538. The summed E-state index contributed by atoms with van der Waals surface area (Å²) in [5, 5.41) is 0. The van der Waals surface area contributed by atoms with Gasteiger partial charge in [-0.15, -0.1) is 0 Å². The fourth-order valence-electron chi connectivity index (χ4n) is 4.17. The number of pyridine rings is 1. The van der Waals surface area contributed by atoms with Crippen LogP contribution in [-0.2, 0) is 21.4 Å². The summed E-state index contributed by atoms with van der Waals surface area (Å²) in [6, 6.07) is 21.5. The standard InChI is InChI=1S/C25H27N3O4S/c1-26(25(20-10-4-2-5-11-20)21-12-6-3-7-13-21)24(30)19-27-18-22(14-15-23(27)29)33(31,32)28-16-8-9-17-28/h2-7,10-15,18,25H,8-9,16-17,19H2,1H3. The highest BCUT2D eigenvalue weighted by atomic mass is 32.2. The van der Waals surface area contributed by atoms with Gasteiger partial charge < -0.3 is 9.47 Å². The predicted octanol–water partition coefficient (Wildman–Crippen LogP) is 2.88. The lowest BCUT2D eigenvalue weighted by Crippen LogP contribution is -2.37. The molecule has 1 amide bonds. The number of amides is 1. The van der Waals surface area contributed by atoms with Gasteiger partial charge in [0.15, 0.2) is 0 Å². The summed E-state index contributed by atoms with van der Waals surface area (Å²) in [6.07, 6.45) is 2.92. The maximum Gasteiger partial charge on any atom is 0.251 e. The average molecular weight is 466 g/mol. The van der Waals surface area contributed by atoms with Crippen molar-refractivity contribution in [2.45, 2.75) is 30.3 Å². The van der Waals surface area contributed by atoms with Crippen molar-refractivity contribution in [3.63, 3.8) is 0 Å². The molecular weight excluding hydrogens is 438 g/mol. The molecule has 0 atom stereocenters. The first-order chi connectivity index (χ1) is 15.9.